The third-order valence-corrected chi connectivity index (χ3v) is 2.96. The van der Waals surface area contributed by atoms with Crippen LogP contribution in [0.3, 0.4) is 0 Å². The van der Waals surface area contributed by atoms with Gasteiger partial charge in [-0.2, -0.15) is 5.26 Å². The van der Waals surface area contributed by atoms with Crippen molar-refractivity contribution >= 4 is 11.4 Å². The van der Waals surface area contributed by atoms with Gasteiger partial charge in [0, 0.05) is 32.0 Å². The minimum Gasteiger partial charge on any atom is -0.435 e. The normalized spacial score (nSPS) is 9.90. The number of ether oxygens (including phenoxy) is 1. The van der Waals surface area contributed by atoms with Gasteiger partial charge >= 0.3 is 0 Å². The van der Waals surface area contributed by atoms with Crippen LogP contribution in [0.25, 0.3) is 0 Å². The van der Waals surface area contributed by atoms with Crippen molar-refractivity contribution in [3.63, 3.8) is 0 Å². The molecule has 0 saturated heterocycles. The molecule has 1 heterocycles. The topological polar surface area (TPSA) is 75.2 Å². The van der Waals surface area contributed by atoms with Gasteiger partial charge in [0.15, 0.2) is 5.75 Å². The standard InChI is InChI=1S/C15H16N4O/c1-10-6-7-18-15(12(10)9-16)20-14-8-11(19(2)3)4-5-13(14)17/h4-8H,17H2,1-3H3. The maximum absolute atomic E-state index is 9.18. The molecule has 0 atom stereocenters. The van der Waals surface area contributed by atoms with Crippen molar-refractivity contribution in [1.29, 1.82) is 5.26 Å². The Morgan fingerprint density at radius 1 is 1.30 bits per heavy atom. The van der Waals surface area contributed by atoms with Crippen LogP contribution >= 0.6 is 0 Å². The molecule has 0 fully saturated rings. The van der Waals surface area contributed by atoms with Crippen LogP contribution in [0, 0.1) is 18.3 Å². The SMILES string of the molecule is Cc1ccnc(Oc2cc(N(C)C)ccc2N)c1C#N. The lowest BCUT2D eigenvalue weighted by molar-refractivity contribution is 0.463. The molecule has 5 heteroatoms. The van der Waals surface area contributed by atoms with E-state index >= 15 is 0 Å². The van der Waals surface area contributed by atoms with E-state index in [4.69, 9.17) is 10.5 Å². The van der Waals surface area contributed by atoms with E-state index in [1.807, 2.05) is 38.1 Å². The molecule has 102 valence electrons. The third kappa shape index (κ3) is 2.64. The number of hydrogen-bond donors (Lipinski definition) is 1. The molecule has 0 saturated carbocycles. The number of nitriles is 1. The maximum atomic E-state index is 9.18. The summed E-state index contributed by atoms with van der Waals surface area (Å²) < 4.78 is 5.72. The second kappa shape index (κ2) is 5.49. The number of pyridine rings is 1. The average molecular weight is 268 g/mol. The van der Waals surface area contributed by atoms with Gasteiger partial charge in [0.2, 0.25) is 5.88 Å². The molecule has 0 amide bonds. The van der Waals surface area contributed by atoms with Crippen LogP contribution in [0.15, 0.2) is 30.5 Å². The smallest absolute Gasteiger partial charge is 0.237 e. The van der Waals surface area contributed by atoms with E-state index in [0.717, 1.165) is 11.3 Å². The van der Waals surface area contributed by atoms with Gasteiger partial charge in [-0.05, 0) is 30.7 Å². The lowest BCUT2D eigenvalue weighted by Crippen LogP contribution is -2.09. The lowest BCUT2D eigenvalue weighted by atomic mass is 10.2. The molecule has 1 aromatic heterocycles. The van der Waals surface area contributed by atoms with Crippen molar-refractivity contribution in [3.8, 4) is 17.7 Å². The third-order valence-electron chi connectivity index (χ3n) is 2.96. The molecule has 0 radical (unpaired) electrons. The highest BCUT2D eigenvalue weighted by Gasteiger charge is 2.11. The summed E-state index contributed by atoms with van der Waals surface area (Å²) in [5.41, 5.74) is 8.61. The Kier molecular flexibility index (Phi) is 3.76. The zero-order chi connectivity index (χ0) is 14.7. The number of aromatic nitrogens is 1. The van der Waals surface area contributed by atoms with Gasteiger partial charge in [-0.15, -0.1) is 0 Å². The zero-order valence-corrected chi connectivity index (χ0v) is 11.7. The zero-order valence-electron chi connectivity index (χ0n) is 11.7. The van der Waals surface area contributed by atoms with Gasteiger partial charge in [-0.3, -0.25) is 0 Å². The second-order valence-electron chi connectivity index (χ2n) is 4.64. The number of hydrogen-bond acceptors (Lipinski definition) is 5. The van der Waals surface area contributed by atoms with Gasteiger partial charge in [0.05, 0.1) is 5.69 Å². The van der Waals surface area contributed by atoms with Crippen LogP contribution in [-0.2, 0) is 0 Å². The van der Waals surface area contributed by atoms with E-state index in [1.54, 1.807) is 18.3 Å². The Morgan fingerprint density at radius 2 is 2.05 bits per heavy atom. The largest absolute Gasteiger partial charge is 0.435 e. The Morgan fingerprint density at radius 3 is 2.70 bits per heavy atom. The van der Waals surface area contributed by atoms with E-state index in [0.29, 0.717) is 17.0 Å². The van der Waals surface area contributed by atoms with Crippen molar-refractivity contribution in [1.82, 2.24) is 4.98 Å². The number of nitrogens with zero attached hydrogens (tertiary/aromatic N) is 3. The Balaban J connectivity index is 2.43. The predicted molar refractivity (Wildman–Crippen MR) is 78.9 cm³/mol. The lowest BCUT2D eigenvalue weighted by Gasteiger charge is -2.15. The predicted octanol–water partition coefficient (Wildman–Crippen LogP) is 2.70. The minimum absolute atomic E-state index is 0.273. The number of aryl methyl sites for hydroxylation is 1. The fraction of sp³-hybridized carbons (Fsp3) is 0.200. The van der Waals surface area contributed by atoms with Gasteiger partial charge < -0.3 is 15.4 Å². The first-order chi connectivity index (χ1) is 9.52. The molecule has 0 unspecified atom stereocenters. The molecule has 0 aliphatic rings. The van der Waals surface area contributed by atoms with Crippen LogP contribution in [0.1, 0.15) is 11.1 Å². The summed E-state index contributed by atoms with van der Waals surface area (Å²) in [6.45, 7) is 1.84. The first kappa shape index (κ1) is 13.7. The van der Waals surface area contributed by atoms with Gasteiger partial charge in [-0.1, -0.05) is 0 Å². The van der Waals surface area contributed by atoms with Crippen molar-refractivity contribution in [2.45, 2.75) is 6.92 Å². The Labute approximate surface area is 118 Å². The fourth-order valence-corrected chi connectivity index (χ4v) is 1.74. The van der Waals surface area contributed by atoms with Crippen LogP contribution in [0.2, 0.25) is 0 Å². The number of nitrogen functional groups attached to an aromatic ring is 1. The molecule has 2 aromatic rings. The van der Waals surface area contributed by atoms with Crippen molar-refractivity contribution in [2.75, 3.05) is 24.7 Å². The van der Waals surface area contributed by atoms with E-state index < -0.39 is 0 Å². The van der Waals surface area contributed by atoms with Gasteiger partial charge in [-0.25, -0.2) is 4.98 Å². The summed E-state index contributed by atoms with van der Waals surface area (Å²) >= 11 is 0. The second-order valence-corrected chi connectivity index (χ2v) is 4.64. The van der Waals surface area contributed by atoms with Crippen molar-refractivity contribution in [2.24, 2.45) is 0 Å². The molecule has 20 heavy (non-hydrogen) atoms. The molecule has 2 rings (SSSR count). The number of anilines is 2. The van der Waals surface area contributed by atoms with Crippen LogP contribution < -0.4 is 15.4 Å². The fourth-order valence-electron chi connectivity index (χ4n) is 1.74. The van der Waals surface area contributed by atoms with Crippen molar-refractivity contribution < 1.29 is 4.74 Å². The summed E-state index contributed by atoms with van der Waals surface area (Å²) in [5.74, 6) is 0.765. The Hall–Kier alpha value is -2.74. The van der Waals surface area contributed by atoms with Gasteiger partial charge in [0.1, 0.15) is 11.6 Å². The van der Waals surface area contributed by atoms with Crippen LogP contribution in [0.5, 0.6) is 11.6 Å². The molecule has 2 N–H and O–H groups in total. The minimum atomic E-state index is 0.273. The summed E-state index contributed by atoms with van der Waals surface area (Å²) in [6.07, 6.45) is 1.61. The van der Waals surface area contributed by atoms with Gasteiger partial charge in [0.25, 0.3) is 0 Å². The highest BCUT2D eigenvalue weighted by molar-refractivity contribution is 5.63. The molecule has 0 aliphatic carbocycles. The highest BCUT2D eigenvalue weighted by atomic mass is 16.5. The molecule has 5 nitrogen and oxygen atoms in total. The number of rotatable bonds is 3. The molecule has 0 spiro atoms. The molecular weight excluding hydrogens is 252 g/mol. The summed E-state index contributed by atoms with van der Waals surface area (Å²) in [7, 11) is 3.86. The van der Waals surface area contributed by atoms with E-state index in [2.05, 4.69) is 11.1 Å². The van der Waals surface area contributed by atoms with Crippen LogP contribution in [0.4, 0.5) is 11.4 Å². The average Bonchev–Trinajstić information content (AvgIpc) is 2.41. The van der Waals surface area contributed by atoms with E-state index in [9.17, 15) is 5.26 Å². The number of nitrogens with two attached hydrogens (primary N) is 1. The molecule has 0 bridgehead atoms. The molecule has 0 aliphatic heterocycles. The Bertz CT molecular complexity index is 674. The summed E-state index contributed by atoms with van der Waals surface area (Å²) in [4.78, 5) is 6.05. The summed E-state index contributed by atoms with van der Waals surface area (Å²) in [5, 5.41) is 9.18. The van der Waals surface area contributed by atoms with Crippen LogP contribution in [-0.4, -0.2) is 19.1 Å². The van der Waals surface area contributed by atoms with E-state index in [1.165, 1.54) is 0 Å². The highest BCUT2D eigenvalue weighted by Crippen LogP contribution is 2.32. The molecular formula is C15H16N4O. The maximum Gasteiger partial charge on any atom is 0.237 e. The number of benzene rings is 1. The first-order valence-electron chi connectivity index (χ1n) is 6.13. The molecule has 1 aromatic carbocycles. The van der Waals surface area contributed by atoms with E-state index in [-0.39, 0.29) is 5.88 Å². The first-order valence-corrected chi connectivity index (χ1v) is 6.13. The quantitative estimate of drug-likeness (QED) is 0.866. The monoisotopic (exact) mass is 268 g/mol. The summed E-state index contributed by atoms with van der Waals surface area (Å²) in [6, 6.07) is 9.36. The van der Waals surface area contributed by atoms with Crippen molar-refractivity contribution in [3.05, 3.63) is 41.6 Å².